The number of nitrogens with two attached hydrogens (primary N) is 1. The smallest absolute Gasteiger partial charge is 1.00 e. The van der Waals surface area contributed by atoms with E-state index in [1.54, 1.807) is 0 Å². The molecule has 4 N–H and O–H groups in total. The molecule has 0 aromatic heterocycles. The maximum Gasteiger partial charge on any atom is 1.00 e. The van der Waals surface area contributed by atoms with Crippen LogP contribution in [0, 0.1) is 0 Å². The number of rotatable bonds is 2. The lowest BCUT2D eigenvalue weighted by molar-refractivity contribution is -0.142. The molecule has 15 heavy (non-hydrogen) atoms. The molecule has 0 aliphatic heterocycles. The van der Waals surface area contributed by atoms with Crippen molar-refractivity contribution in [2.45, 2.75) is 6.04 Å². The number of ether oxygens (including phenoxy) is 1. The SMILES string of the molecule is COC(=O)C(N)c1ccc(O)cc1O.[Cl-].[H+]. The molecule has 5 nitrogen and oxygen atoms in total. The second-order valence-electron chi connectivity index (χ2n) is 2.74. The van der Waals surface area contributed by atoms with Crippen molar-refractivity contribution in [1.82, 2.24) is 0 Å². The van der Waals surface area contributed by atoms with E-state index in [1.807, 2.05) is 0 Å². The van der Waals surface area contributed by atoms with Crippen molar-refractivity contribution in [2.24, 2.45) is 5.73 Å². The van der Waals surface area contributed by atoms with Crippen LogP contribution in [-0.4, -0.2) is 23.3 Å². The molecule has 0 fully saturated rings. The van der Waals surface area contributed by atoms with Crippen molar-refractivity contribution in [3.8, 4) is 11.5 Å². The van der Waals surface area contributed by atoms with Gasteiger partial charge in [-0.15, -0.1) is 0 Å². The van der Waals surface area contributed by atoms with Gasteiger partial charge in [0.15, 0.2) is 0 Å². The Bertz CT molecular complexity index is 361. The molecular formula is C9H12ClNO4. The highest BCUT2D eigenvalue weighted by Crippen LogP contribution is 2.27. The van der Waals surface area contributed by atoms with E-state index in [0.29, 0.717) is 0 Å². The highest BCUT2D eigenvalue weighted by Gasteiger charge is 2.19. The van der Waals surface area contributed by atoms with Gasteiger partial charge in [-0.2, -0.15) is 0 Å². The van der Waals surface area contributed by atoms with Crippen LogP contribution in [0.15, 0.2) is 18.2 Å². The third-order valence-corrected chi connectivity index (χ3v) is 1.80. The van der Waals surface area contributed by atoms with Gasteiger partial charge >= 0.3 is 7.40 Å². The summed E-state index contributed by atoms with van der Waals surface area (Å²) in [5.41, 5.74) is 5.70. The Morgan fingerprint density at radius 3 is 2.60 bits per heavy atom. The first-order valence-corrected chi connectivity index (χ1v) is 3.91. The summed E-state index contributed by atoms with van der Waals surface area (Å²) in [6.45, 7) is 0. The molecule has 1 atom stereocenters. The minimum Gasteiger partial charge on any atom is -1.00 e. The van der Waals surface area contributed by atoms with Crippen LogP contribution in [0.1, 0.15) is 13.0 Å². The summed E-state index contributed by atoms with van der Waals surface area (Å²) in [6.07, 6.45) is 0. The van der Waals surface area contributed by atoms with Gasteiger partial charge in [0.25, 0.3) is 0 Å². The van der Waals surface area contributed by atoms with Crippen LogP contribution in [0.3, 0.4) is 0 Å². The second kappa shape index (κ2) is 5.43. The predicted octanol–water partition coefficient (Wildman–Crippen LogP) is -2.61. The van der Waals surface area contributed by atoms with Crippen molar-refractivity contribution in [3.63, 3.8) is 0 Å². The fourth-order valence-electron chi connectivity index (χ4n) is 1.05. The highest BCUT2D eigenvalue weighted by molar-refractivity contribution is 5.78. The molecule has 0 aliphatic rings. The van der Waals surface area contributed by atoms with Crippen molar-refractivity contribution in [2.75, 3.05) is 7.11 Å². The number of hydrogen-bond acceptors (Lipinski definition) is 5. The number of hydrogen-bond donors (Lipinski definition) is 3. The van der Waals surface area contributed by atoms with Crippen molar-refractivity contribution < 1.29 is 33.6 Å². The Morgan fingerprint density at radius 2 is 2.13 bits per heavy atom. The molecule has 1 rings (SSSR count). The predicted molar refractivity (Wildman–Crippen MR) is 49.8 cm³/mol. The number of carbonyl (C=O) groups excluding carboxylic acids is 1. The van der Waals surface area contributed by atoms with Gasteiger partial charge < -0.3 is 33.1 Å². The number of benzene rings is 1. The minimum atomic E-state index is -1.04. The Kier molecular flexibility index (Phi) is 4.90. The van der Waals surface area contributed by atoms with Crippen LogP contribution in [0.5, 0.6) is 11.5 Å². The van der Waals surface area contributed by atoms with Gasteiger partial charge in [0, 0.05) is 11.6 Å². The third-order valence-electron chi connectivity index (χ3n) is 1.80. The fraction of sp³-hybridized carbons (Fsp3) is 0.222. The Labute approximate surface area is 94.4 Å². The van der Waals surface area contributed by atoms with E-state index in [2.05, 4.69) is 4.74 Å². The molecule has 0 amide bonds. The van der Waals surface area contributed by atoms with Crippen molar-refractivity contribution in [1.29, 1.82) is 0 Å². The summed E-state index contributed by atoms with van der Waals surface area (Å²) >= 11 is 0. The van der Waals surface area contributed by atoms with E-state index in [-0.39, 0.29) is 30.9 Å². The first kappa shape index (κ1) is 13.5. The summed E-state index contributed by atoms with van der Waals surface area (Å²) in [5.74, 6) is -0.975. The number of halogens is 1. The molecule has 0 bridgehead atoms. The van der Waals surface area contributed by atoms with Gasteiger partial charge in [0.05, 0.1) is 7.11 Å². The molecule has 0 saturated carbocycles. The fourth-order valence-corrected chi connectivity index (χ4v) is 1.05. The number of phenols is 2. The molecule has 1 aromatic carbocycles. The van der Waals surface area contributed by atoms with E-state index in [4.69, 9.17) is 10.8 Å². The number of esters is 1. The molecule has 0 aliphatic carbocycles. The lowest BCUT2D eigenvalue weighted by Crippen LogP contribution is -3.00. The maximum atomic E-state index is 11.0. The summed E-state index contributed by atoms with van der Waals surface area (Å²) in [5, 5.41) is 18.4. The Balaban J connectivity index is 0. The zero-order valence-corrected chi connectivity index (χ0v) is 8.73. The van der Waals surface area contributed by atoms with Crippen LogP contribution < -0.4 is 18.1 Å². The molecule has 0 heterocycles. The Morgan fingerprint density at radius 1 is 1.53 bits per heavy atom. The van der Waals surface area contributed by atoms with E-state index in [1.165, 1.54) is 19.2 Å². The molecule has 84 valence electrons. The van der Waals surface area contributed by atoms with E-state index in [0.717, 1.165) is 6.07 Å². The molecule has 1 aromatic rings. The summed E-state index contributed by atoms with van der Waals surface area (Å²) in [6, 6.07) is 2.77. The largest absolute Gasteiger partial charge is 1.00 e. The topological polar surface area (TPSA) is 92.8 Å². The van der Waals surface area contributed by atoms with Crippen LogP contribution in [0.4, 0.5) is 0 Å². The quantitative estimate of drug-likeness (QED) is 0.487. The van der Waals surface area contributed by atoms with Crippen LogP contribution >= 0.6 is 0 Å². The molecule has 0 spiro atoms. The molecule has 6 heteroatoms. The van der Waals surface area contributed by atoms with E-state index in [9.17, 15) is 9.90 Å². The van der Waals surface area contributed by atoms with Crippen LogP contribution in [-0.2, 0) is 9.53 Å². The third kappa shape index (κ3) is 3.00. The van der Waals surface area contributed by atoms with Gasteiger partial charge in [-0.3, -0.25) is 4.79 Å². The van der Waals surface area contributed by atoms with Gasteiger partial charge in [-0.1, -0.05) is 0 Å². The molecule has 1 unspecified atom stereocenters. The molecule has 0 radical (unpaired) electrons. The second-order valence-corrected chi connectivity index (χ2v) is 2.74. The first-order valence-electron chi connectivity index (χ1n) is 3.91. The highest BCUT2D eigenvalue weighted by atomic mass is 35.5. The lowest BCUT2D eigenvalue weighted by Gasteiger charge is -2.11. The van der Waals surface area contributed by atoms with Crippen molar-refractivity contribution in [3.05, 3.63) is 23.8 Å². The number of carbonyl (C=O) groups is 1. The molecular weight excluding hydrogens is 222 g/mol. The van der Waals surface area contributed by atoms with E-state index < -0.39 is 12.0 Å². The summed E-state index contributed by atoms with van der Waals surface area (Å²) in [7, 11) is 1.21. The van der Waals surface area contributed by atoms with Gasteiger partial charge in [0.1, 0.15) is 17.5 Å². The number of methoxy groups -OCH3 is 1. The van der Waals surface area contributed by atoms with Crippen LogP contribution in [0.25, 0.3) is 0 Å². The zero-order chi connectivity index (χ0) is 10.7. The summed E-state index contributed by atoms with van der Waals surface area (Å²) in [4.78, 5) is 11.0. The summed E-state index contributed by atoms with van der Waals surface area (Å²) < 4.78 is 4.41. The van der Waals surface area contributed by atoms with Gasteiger partial charge in [-0.25, -0.2) is 0 Å². The average molecular weight is 234 g/mol. The first-order chi connectivity index (χ1) is 6.56. The number of aromatic hydroxyl groups is 2. The van der Waals surface area contributed by atoms with Crippen LogP contribution in [0.2, 0.25) is 0 Å². The standard InChI is InChI=1S/C9H11NO4.ClH/c1-14-9(13)8(10)6-3-2-5(11)4-7(6)12;/h2-4,8,11-12H,10H2,1H3;1H. The molecule has 0 saturated heterocycles. The maximum absolute atomic E-state index is 11.0. The van der Waals surface area contributed by atoms with E-state index >= 15 is 0 Å². The monoisotopic (exact) mass is 233 g/mol. The average Bonchev–Trinajstić information content (AvgIpc) is 2.15. The lowest BCUT2D eigenvalue weighted by atomic mass is 10.1. The Hall–Kier alpha value is -1.46. The minimum absolute atomic E-state index is 0. The van der Waals surface area contributed by atoms with Gasteiger partial charge in [0.2, 0.25) is 0 Å². The van der Waals surface area contributed by atoms with Crippen molar-refractivity contribution >= 4 is 5.97 Å². The van der Waals surface area contributed by atoms with Gasteiger partial charge in [-0.05, 0) is 12.1 Å². The normalized spacial score (nSPS) is 11.3. The number of phenolic OH excluding ortho intramolecular Hbond substituents is 2. The zero-order valence-electron chi connectivity index (χ0n) is 8.98.